The van der Waals surface area contributed by atoms with Crippen molar-refractivity contribution in [2.75, 3.05) is 19.6 Å². The number of carbonyl (C=O) groups excluding carboxylic acids is 2. The van der Waals surface area contributed by atoms with Crippen LogP contribution in [-0.4, -0.2) is 51.7 Å². The second-order valence-corrected chi connectivity index (χ2v) is 9.83. The average molecular weight is 445 g/mol. The molecule has 3 aliphatic rings. The van der Waals surface area contributed by atoms with Gasteiger partial charge in [-0.05, 0) is 68.7 Å². The van der Waals surface area contributed by atoms with E-state index in [2.05, 4.69) is 0 Å². The summed E-state index contributed by atoms with van der Waals surface area (Å²) in [7, 11) is 0. The molecule has 0 spiro atoms. The molecule has 5 nitrogen and oxygen atoms in total. The molecule has 1 aliphatic carbocycles. The van der Waals surface area contributed by atoms with Crippen LogP contribution in [0.1, 0.15) is 56.9 Å². The summed E-state index contributed by atoms with van der Waals surface area (Å²) >= 11 is 6.64. The van der Waals surface area contributed by atoms with Gasteiger partial charge in [0.15, 0.2) is 0 Å². The molecule has 2 aliphatic heterocycles. The van der Waals surface area contributed by atoms with E-state index in [0.717, 1.165) is 56.5 Å². The van der Waals surface area contributed by atoms with Crippen molar-refractivity contribution in [2.24, 2.45) is 0 Å². The second kappa shape index (κ2) is 9.96. The lowest BCUT2D eigenvalue weighted by Gasteiger charge is -2.28. The van der Waals surface area contributed by atoms with E-state index < -0.39 is 0 Å². The molecule has 0 atom stereocenters. The van der Waals surface area contributed by atoms with Crippen molar-refractivity contribution in [3.8, 4) is 5.75 Å². The van der Waals surface area contributed by atoms with E-state index in [1.165, 1.54) is 35.9 Å². The van der Waals surface area contributed by atoms with Crippen LogP contribution in [0.5, 0.6) is 5.75 Å². The number of likely N-dealkylation sites (tertiary alicyclic amines) is 1. The Hall–Kier alpha value is -1.86. The van der Waals surface area contributed by atoms with Gasteiger partial charge in [0.2, 0.25) is 5.91 Å². The number of nitrogens with zero attached hydrogens (tertiary/aromatic N) is 2. The van der Waals surface area contributed by atoms with Crippen LogP contribution >= 0.6 is 24.0 Å². The third-order valence-corrected chi connectivity index (χ3v) is 7.29. The summed E-state index contributed by atoms with van der Waals surface area (Å²) in [5.74, 6) is 0.674. The van der Waals surface area contributed by atoms with Crippen LogP contribution in [0.25, 0.3) is 6.08 Å². The first-order valence-electron chi connectivity index (χ1n) is 10.9. The van der Waals surface area contributed by atoms with Gasteiger partial charge in [-0.1, -0.05) is 42.5 Å². The van der Waals surface area contributed by atoms with Gasteiger partial charge >= 0.3 is 0 Å². The summed E-state index contributed by atoms with van der Waals surface area (Å²) in [4.78, 5) is 29.2. The van der Waals surface area contributed by atoms with Crippen molar-refractivity contribution in [1.82, 2.24) is 9.80 Å². The van der Waals surface area contributed by atoms with Gasteiger partial charge in [-0.25, -0.2) is 0 Å². The van der Waals surface area contributed by atoms with Crippen molar-refractivity contribution in [1.29, 1.82) is 0 Å². The predicted octanol–water partition coefficient (Wildman–Crippen LogP) is 4.61. The third-order valence-electron chi connectivity index (χ3n) is 5.91. The second-order valence-electron chi connectivity index (χ2n) is 8.16. The lowest BCUT2D eigenvalue weighted by atomic mass is 9.98. The standard InChI is InChI=1S/C23H28N2O3S2/c26-21(24-13-5-2-6-14-24)16-25-22(27)20(30-23(25)29)15-17-9-11-19(12-10-17)28-18-7-3-1-4-8-18/h9-12,15,18H,1-8,13-14,16H2/b20-15-. The van der Waals surface area contributed by atoms with Gasteiger partial charge in [0.1, 0.15) is 16.6 Å². The van der Waals surface area contributed by atoms with Crippen LogP contribution < -0.4 is 4.74 Å². The van der Waals surface area contributed by atoms with Gasteiger partial charge in [0.05, 0.1) is 11.0 Å². The Bertz CT molecular complexity index is 825. The number of benzene rings is 1. The summed E-state index contributed by atoms with van der Waals surface area (Å²) in [6.07, 6.45) is 11.4. The molecule has 160 valence electrons. The van der Waals surface area contributed by atoms with Crippen LogP contribution in [0.3, 0.4) is 0 Å². The van der Waals surface area contributed by atoms with Crippen molar-refractivity contribution in [2.45, 2.75) is 57.5 Å². The van der Waals surface area contributed by atoms with E-state index in [1.54, 1.807) is 0 Å². The third kappa shape index (κ3) is 5.24. The molecule has 2 heterocycles. The molecule has 2 saturated heterocycles. The van der Waals surface area contributed by atoms with E-state index in [9.17, 15) is 9.59 Å². The predicted molar refractivity (Wildman–Crippen MR) is 124 cm³/mol. The molecule has 7 heteroatoms. The summed E-state index contributed by atoms with van der Waals surface area (Å²) in [6, 6.07) is 7.84. The van der Waals surface area contributed by atoms with E-state index >= 15 is 0 Å². The quantitative estimate of drug-likeness (QED) is 0.490. The van der Waals surface area contributed by atoms with Crippen molar-refractivity contribution in [3.63, 3.8) is 0 Å². The minimum Gasteiger partial charge on any atom is -0.490 e. The minimum absolute atomic E-state index is 0.0172. The maximum atomic E-state index is 12.8. The first kappa shape index (κ1) is 21.4. The monoisotopic (exact) mass is 444 g/mol. The maximum Gasteiger partial charge on any atom is 0.266 e. The van der Waals surface area contributed by atoms with Crippen LogP contribution in [-0.2, 0) is 9.59 Å². The van der Waals surface area contributed by atoms with Crippen molar-refractivity contribution < 1.29 is 14.3 Å². The molecule has 1 aromatic carbocycles. The molecule has 30 heavy (non-hydrogen) atoms. The first-order chi connectivity index (χ1) is 14.6. The summed E-state index contributed by atoms with van der Waals surface area (Å²) in [6.45, 7) is 1.59. The Labute approximate surface area is 187 Å². The lowest BCUT2D eigenvalue weighted by Crippen LogP contribution is -2.44. The normalized spacial score (nSPS) is 22.1. The highest BCUT2D eigenvalue weighted by Crippen LogP contribution is 2.33. The lowest BCUT2D eigenvalue weighted by molar-refractivity contribution is -0.136. The summed E-state index contributed by atoms with van der Waals surface area (Å²) in [5, 5.41) is 0. The maximum absolute atomic E-state index is 12.8. The molecule has 0 radical (unpaired) electrons. The van der Waals surface area contributed by atoms with Gasteiger partial charge in [0, 0.05) is 13.1 Å². The van der Waals surface area contributed by atoms with Gasteiger partial charge in [-0.15, -0.1) is 0 Å². The fourth-order valence-corrected chi connectivity index (χ4v) is 5.44. The number of amides is 2. The molecule has 0 N–H and O–H groups in total. The van der Waals surface area contributed by atoms with Crippen LogP contribution in [0.15, 0.2) is 29.2 Å². The highest BCUT2D eigenvalue weighted by atomic mass is 32.2. The van der Waals surface area contributed by atoms with E-state index in [4.69, 9.17) is 17.0 Å². The zero-order chi connectivity index (χ0) is 20.9. The first-order valence-corrected chi connectivity index (χ1v) is 12.1. The topological polar surface area (TPSA) is 49.9 Å². The highest BCUT2D eigenvalue weighted by Gasteiger charge is 2.34. The van der Waals surface area contributed by atoms with Crippen LogP contribution in [0, 0.1) is 0 Å². The molecular weight excluding hydrogens is 416 g/mol. The minimum atomic E-state index is -0.183. The van der Waals surface area contributed by atoms with E-state index in [0.29, 0.717) is 15.3 Å². The molecule has 1 aromatic rings. The Balaban J connectivity index is 1.37. The number of thioether (sulfide) groups is 1. The van der Waals surface area contributed by atoms with Crippen molar-refractivity contribution >= 4 is 46.2 Å². The molecule has 0 unspecified atom stereocenters. The van der Waals surface area contributed by atoms with Crippen LogP contribution in [0.2, 0.25) is 0 Å². The van der Waals surface area contributed by atoms with Gasteiger partial charge in [0.25, 0.3) is 5.91 Å². The largest absolute Gasteiger partial charge is 0.490 e. The molecule has 4 rings (SSSR count). The van der Waals surface area contributed by atoms with E-state index in [1.807, 2.05) is 35.2 Å². The average Bonchev–Trinajstić information content (AvgIpc) is 3.04. The van der Waals surface area contributed by atoms with Crippen LogP contribution in [0.4, 0.5) is 0 Å². The Morgan fingerprint density at radius 3 is 2.43 bits per heavy atom. The molecule has 0 aromatic heterocycles. The Morgan fingerprint density at radius 2 is 1.73 bits per heavy atom. The van der Waals surface area contributed by atoms with Gasteiger partial charge < -0.3 is 9.64 Å². The van der Waals surface area contributed by atoms with Gasteiger partial charge in [-0.3, -0.25) is 14.5 Å². The highest BCUT2D eigenvalue weighted by molar-refractivity contribution is 8.26. The fourth-order valence-electron chi connectivity index (χ4n) is 4.18. The smallest absolute Gasteiger partial charge is 0.266 e. The number of hydrogen-bond acceptors (Lipinski definition) is 5. The molecule has 0 bridgehead atoms. The number of carbonyl (C=O) groups is 2. The van der Waals surface area contributed by atoms with Gasteiger partial charge in [-0.2, -0.15) is 0 Å². The summed E-state index contributed by atoms with van der Waals surface area (Å²) in [5.41, 5.74) is 0.925. The zero-order valence-electron chi connectivity index (χ0n) is 17.2. The number of thiocarbonyl (C=S) groups is 1. The molecule has 1 saturated carbocycles. The van der Waals surface area contributed by atoms with Crippen molar-refractivity contribution in [3.05, 3.63) is 34.7 Å². The molecule has 2 amide bonds. The fraction of sp³-hybridized carbons (Fsp3) is 0.522. The molecular formula is C23H28N2O3S2. The number of hydrogen-bond donors (Lipinski definition) is 0. The number of piperidine rings is 1. The Kier molecular flexibility index (Phi) is 7.10. The molecule has 3 fully saturated rings. The number of ether oxygens (including phenoxy) is 1. The van der Waals surface area contributed by atoms with E-state index in [-0.39, 0.29) is 18.4 Å². The summed E-state index contributed by atoms with van der Waals surface area (Å²) < 4.78 is 6.53. The number of rotatable bonds is 5. The zero-order valence-corrected chi connectivity index (χ0v) is 18.8. The Morgan fingerprint density at radius 1 is 1.07 bits per heavy atom. The SMILES string of the molecule is O=C(CN1C(=O)/C(=C/c2ccc(OC3CCCCC3)cc2)SC1=S)N1CCCCC1.